The van der Waals surface area contributed by atoms with Crippen molar-refractivity contribution < 1.29 is 8.83 Å². The topological polar surface area (TPSA) is 36.0 Å². The minimum atomic E-state index is -0.225. The molecule has 2 aliphatic heterocycles. The molecular formula is C81H78BN3O2. The van der Waals surface area contributed by atoms with Crippen molar-refractivity contribution in [2.75, 3.05) is 14.7 Å². The van der Waals surface area contributed by atoms with E-state index in [1.54, 1.807) is 0 Å². The van der Waals surface area contributed by atoms with Crippen LogP contribution in [0.1, 0.15) is 133 Å². The number of para-hydroxylation sites is 2. The van der Waals surface area contributed by atoms with Crippen molar-refractivity contribution in [2.24, 2.45) is 0 Å². The quantitative estimate of drug-likeness (QED) is 0.0692. The van der Waals surface area contributed by atoms with Gasteiger partial charge in [0.1, 0.15) is 22.7 Å². The molecule has 0 atom stereocenters. The third-order valence-electron chi connectivity index (χ3n) is 18.0. The Morgan fingerprint density at radius 3 is 1.94 bits per heavy atom. The van der Waals surface area contributed by atoms with Gasteiger partial charge in [0.2, 0.25) is 0 Å². The molecule has 0 amide bonds. The molecule has 87 heavy (non-hydrogen) atoms. The van der Waals surface area contributed by atoms with Crippen LogP contribution in [0.25, 0.3) is 39.2 Å². The average Bonchev–Trinajstić information content (AvgIpc) is 1.19. The first kappa shape index (κ1) is 56.9. The number of rotatable bonds is 12. The first-order chi connectivity index (χ1) is 41.8. The maximum absolute atomic E-state index is 6.78. The van der Waals surface area contributed by atoms with Crippen LogP contribution in [-0.2, 0) is 22.7 Å². The fourth-order valence-corrected chi connectivity index (χ4v) is 13.3. The van der Waals surface area contributed by atoms with Crippen molar-refractivity contribution in [3.05, 3.63) is 270 Å². The summed E-state index contributed by atoms with van der Waals surface area (Å²) in [5.41, 5.74) is 25.6. The van der Waals surface area contributed by atoms with E-state index >= 15 is 0 Å². The van der Waals surface area contributed by atoms with E-state index in [9.17, 15) is 0 Å². The summed E-state index contributed by atoms with van der Waals surface area (Å²) in [7, 11) is 0. The van der Waals surface area contributed by atoms with Crippen molar-refractivity contribution in [1.29, 1.82) is 0 Å². The minimum Gasteiger partial charge on any atom is -0.461 e. The molecule has 3 aliphatic rings. The van der Waals surface area contributed by atoms with Crippen LogP contribution in [0.3, 0.4) is 0 Å². The van der Waals surface area contributed by atoms with Gasteiger partial charge in [-0.2, -0.15) is 0 Å². The van der Waals surface area contributed by atoms with E-state index in [0.717, 1.165) is 104 Å². The fourth-order valence-electron chi connectivity index (χ4n) is 13.3. The highest BCUT2D eigenvalue weighted by atomic mass is 16.3. The molecule has 4 heterocycles. The molecule has 0 saturated carbocycles. The van der Waals surface area contributed by atoms with Gasteiger partial charge in [-0.15, -0.1) is 6.58 Å². The molecule has 1 aliphatic carbocycles. The Labute approximate surface area is 515 Å². The van der Waals surface area contributed by atoms with Crippen molar-refractivity contribution in [3.8, 4) is 0 Å². The SMILES string of the molecule is C=CC/C=C\c1oc2c(c1C)C(c1ccc(N3c4cc(C(C)(C)C)ccc4B4c5ccc(N(c6ccc(C(C)(C)C)cc6)c6ccccc6C(=C)/C=C\C=C/C)cc5N(c5ccc6c(c5)oc5ccccc56)c5cc(C(C)(C)C)cc3c54)cc1)=CCC2. The summed E-state index contributed by atoms with van der Waals surface area (Å²) in [5.74, 6) is 1.99. The van der Waals surface area contributed by atoms with Gasteiger partial charge in [0.05, 0.1) is 5.69 Å². The molecule has 13 rings (SSSR count). The van der Waals surface area contributed by atoms with Gasteiger partial charge in [-0.25, -0.2) is 0 Å². The predicted molar refractivity (Wildman–Crippen MR) is 374 cm³/mol. The predicted octanol–water partition coefficient (Wildman–Crippen LogP) is 21.0. The van der Waals surface area contributed by atoms with Gasteiger partial charge < -0.3 is 23.5 Å². The summed E-state index contributed by atoms with van der Waals surface area (Å²) in [6.45, 7) is 33.6. The van der Waals surface area contributed by atoms with Crippen molar-refractivity contribution in [3.63, 3.8) is 0 Å². The Morgan fingerprint density at radius 2 is 1.23 bits per heavy atom. The summed E-state index contributed by atoms with van der Waals surface area (Å²) in [6.07, 6.45) is 19.5. The lowest BCUT2D eigenvalue weighted by Gasteiger charge is -2.45. The Bertz CT molecular complexity index is 4500. The van der Waals surface area contributed by atoms with Gasteiger partial charge in [-0.1, -0.05) is 190 Å². The second-order valence-corrected chi connectivity index (χ2v) is 26.9. The summed E-state index contributed by atoms with van der Waals surface area (Å²) in [5, 5.41) is 2.20. The number of allylic oxidation sites excluding steroid dienone is 8. The van der Waals surface area contributed by atoms with Crippen molar-refractivity contribution in [2.45, 2.75) is 112 Å². The van der Waals surface area contributed by atoms with Gasteiger partial charge in [-0.3, -0.25) is 0 Å². The first-order valence-corrected chi connectivity index (χ1v) is 31.0. The molecule has 10 aromatic rings. The molecule has 432 valence electrons. The number of anilines is 9. The summed E-state index contributed by atoms with van der Waals surface area (Å²) >= 11 is 0. The third-order valence-corrected chi connectivity index (χ3v) is 18.0. The molecule has 8 aromatic carbocycles. The van der Waals surface area contributed by atoms with Crippen molar-refractivity contribution >= 4 is 113 Å². The molecule has 0 fully saturated rings. The van der Waals surface area contributed by atoms with Gasteiger partial charge in [0, 0.05) is 85.4 Å². The van der Waals surface area contributed by atoms with Crippen molar-refractivity contribution in [1.82, 2.24) is 0 Å². The van der Waals surface area contributed by atoms with Crippen LogP contribution in [0.4, 0.5) is 51.2 Å². The molecule has 0 unspecified atom stereocenters. The largest absolute Gasteiger partial charge is 0.461 e. The van der Waals surface area contributed by atoms with E-state index in [1.807, 2.05) is 19.1 Å². The second kappa shape index (κ2) is 21.9. The van der Waals surface area contributed by atoms with Gasteiger partial charge >= 0.3 is 0 Å². The average molecular weight is 1140 g/mol. The van der Waals surface area contributed by atoms with E-state index in [1.165, 1.54) is 66.7 Å². The van der Waals surface area contributed by atoms with E-state index < -0.39 is 0 Å². The Kier molecular flexibility index (Phi) is 14.3. The number of aryl methyl sites for hydroxylation is 1. The standard InChI is InChI=1S/C81H78BN3O2/c1-14-16-18-25-52(3)62-26-20-22-29-68(62)83(58-40-35-55(36-41-58)79(5,6)7)60-43-46-67-70(50-60)85(61-42-44-65-64-27-21-23-31-74(64)87-76(65)51-61)72-49-57(81(11,12)13)48-71-78(72)82(67)66-45-37-56(80(8,9)10)47-69(66)84(71)59-38-33-54(34-39-59)63-28-24-32-75-77(63)53(4)73(86-75)30-19-17-15-2/h14-16,18-23,25-31,33-51H,2-3,17,24,32H2,1,4-13H3/b16-14-,25-18-,30-19-. The molecular weight excluding hydrogens is 1060 g/mol. The van der Waals surface area contributed by atoms with E-state index in [-0.39, 0.29) is 23.0 Å². The number of hydrogen-bond acceptors (Lipinski definition) is 5. The van der Waals surface area contributed by atoms with Crippen LogP contribution in [0.15, 0.2) is 228 Å². The number of nitrogens with zero attached hydrogens (tertiary/aromatic N) is 3. The molecule has 0 saturated heterocycles. The Hall–Kier alpha value is -9.26. The summed E-state index contributed by atoms with van der Waals surface area (Å²) in [6, 6.07) is 61.9. The Morgan fingerprint density at radius 1 is 0.609 bits per heavy atom. The van der Waals surface area contributed by atoms with Gasteiger partial charge in [0.15, 0.2) is 0 Å². The third kappa shape index (κ3) is 10.1. The van der Waals surface area contributed by atoms with Crippen LogP contribution in [0, 0.1) is 6.92 Å². The van der Waals surface area contributed by atoms with Crippen LogP contribution in [-0.4, -0.2) is 6.71 Å². The second-order valence-electron chi connectivity index (χ2n) is 26.9. The zero-order valence-electron chi connectivity index (χ0n) is 52.5. The smallest absolute Gasteiger partial charge is 0.252 e. The first-order valence-electron chi connectivity index (χ1n) is 31.0. The molecule has 0 bridgehead atoms. The van der Waals surface area contributed by atoms with Crippen LogP contribution >= 0.6 is 0 Å². The minimum absolute atomic E-state index is 0.0211. The van der Waals surface area contributed by atoms with E-state index in [2.05, 4.69) is 297 Å². The van der Waals surface area contributed by atoms with E-state index in [0.29, 0.717) is 0 Å². The summed E-state index contributed by atoms with van der Waals surface area (Å²) < 4.78 is 13.3. The molecule has 0 spiro atoms. The van der Waals surface area contributed by atoms with Crippen LogP contribution in [0.2, 0.25) is 0 Å². The summed E-state index contributed by atoms with van der Waals surface area (Å²) in [4.78, 5) is 7.54. The zero-order chi connectivity index (χ0) is 60.7. The monoisotopic (exact) mass is 1140 g/mol. The maximum Gasteiger partial charge on any atom is 0.252 e. The molecule has 6 heteroatoms. The number of fused-ring (bicyclic) bond motifs is 8. The fraction of sp³-hybridized carbons (Fsp3) is 0.210. The highest BCUT2D eigenvalue weighted by molar-refractivity contribution is 7.00. The lowest BCUT2D eigenvalue weighted by Crippen LogP contribution is -2.61. The molecule has 0 N–H and O–H groups in total. The number of hydrogen-bond donors (Lipinski definition) is 0. The molecule has 5 nitrogen and oxygen atoms in total. The highest BCUT2D eigenvalue weighted by Gasteiger charge is 2.45. The normalized spacial score (nSPS) is 14.1. The Balaban J connectivity index is 1.06. The van der Waals surface area contributed by atoms with Gasteiger partial charge in [-0.05, 0) is 178 Å². The zero-order valence-corrected chi connectivity index (χ0v) is 52.5. The number of benzene rings is 8. The van der Waals surface area contributed by atoms with Crippen LogP contribution in [0.5, 0.6) is 0 Å². The number of furan rings is 2. The van der Waals surface area contributed by atoms with Gasteiger partial charge in [0.25, 0.3) is 6.71 Å². The molecule has 2 aromatic heterocycles. The maximum atomic E-state index is 6.78. The lowest BCUT2D eigenvalue weighted by atomic mass is 9.33. The molecule has 0 radical (unpaired) electrons. The van der Waals surface area contributed by atoms with Crippen LogP contribution < -0.4 is 31.1 Å². The van der Waals surface area contributed by atoms with E-state index in [4.69, 9.17) is 8.83 Å². The highest BCUT2D eigenvalue weighted by Crippen LogP contribution is 2.50. The lowest BCUT2D eigenvalue weighted by molar-refractivity contribution is 0.498.